The molecule has 11 aromatic rings. The Balaban J connectivity index is 1.37. The van der Waals surface area contributed by atoms with Crippen LogP contribution in [0.2, 0.25) is 0 Å². The number of pyridine rings is 1. The van der Waals surface area contributed by atoms with E-state index in [4.69, 9.17) is 11.6 Å². The van der Waals surface area contributed by atoms with Crippen LogP contribution in [0.1, 0.15) is 0 Å². The number of nitrogens with zero attached hydrogens (tertiary/aromatic N) is 2. The summed E-state index contributed by atoms with van der Waals surface area (Å²) in [5.74, 6) is 0. The predicted octanol–water partition coefficient (Wildman–Crippen LogP) is 14.7. The third-order valence-corrected chi connectivity index (χ3v) is 11.2. The number of aromatic nitrogens is 1. The zero-order valence-electron chi connectivity index (χ0n) is 29.2. The first-order chi connectivity index (χ1) is 26.8. The standard InChI is InChI=1S/C52H30N2/c1-53-34-29-27-32(28-30-34)47-40-22-10-12-24-42(40)48(43-25-13-11-23-41(43)47)45-31-46-49(38-20-8-6-19-37(38)45)50-39-21-9-5-17-35(39)36-18-7-14-26-44(36)52(50)54-51(46)33-15-3-2-4-16-33/h2-31H. The minimum absolute atomic E-state index is 0.641. The molecule has 54 heavy (non-hydrogen) atoms. The summed E-state index contributed by atoms with van der Waals surface area (Å²) in [6, 6.07) is 65.2. The van der Waals surface area contributed by atoms with Gasteiger partial charge in [0.05, 0.1) is 17.8 Å². The average Bonchev–Trinajstić information content (AvgIpc) is 3.25. The maximum absolute atomic E-state index is 7.54. The van der Waals surface area contributed by atoms with Gasteiger partial charge < -0.3 is 0 Å². The SMILES string of the molecule is [C-]#[N+]c1ccc(-c2c3ccccc3c(-c3cc4c(-c5ccccc5)nc5c6ccccc6c6ccccc6c5c4c4ccccc34)c3ccccc23)cc1. The minimum atomic E-state index is 0.641. The quantitative estimate of drug-likeness (QED) is 0.103. The predicted molar refractivity (Wildman–Crippen MR) is 229 cm³/mol. The summed E-state index contributed by atoms with van der Waals surface area (Å²) in [6.45, 7) is 7.54. The van der Waals surface area contributed by atoms with Gasteiger partial charge in [-0.1, -0.05) is 176 Å². The number of fused-ring (bicyclic) bond motifs is 12. The Morgan fingerprint density at radius 1 is 0.352 bits per heavy atom. The molecule has 0 fully saturated rings. The van der Waals surface area contributed by atoms with Gasteiger partial charge in [0.1, 0.15) is 0 Å². The second kappa shape index (κ2) is 11.9. The monoisotopic (exact) mass is 682 g/mol. The van der Waals surface area contributed by atoms with Crippen LogP contribution in [-0.2, 0) is 0 Å². The van der Waals surface area contributed by atoms with Crippen molar-refractivity contribution in [2.24, 2.45) is 0 Å². The molecule has 2 nitrogen and oxygen atoms in total. The van der Waals surface area contributed by atoms with E-state index in [2.05, 4.69) is 175 Å². The van der Waals surface area contributed by atoms with Gasteiger partial charge in [-0.3, -0.25) is 0 Å². The molecule has 0 aliphatic carbocycles. The summed E-state index contributed by atoms with van der Waals surface area (Å²) in [6.07, 6.45) is 0. The summed E-state index contributed by atoms with van der Waals surface area (Å²) in [5, 5.41) is 15.5. The fourth-order valence-corrected chi connectivity index (χ4v) is 8.95. The van der Waals surface area contributed by atoms with Crippen molar-refractivity contribution < 1.29 is 0 Å². The topological polar surface area (TPSA) is 17.2 Å². The van der Waals surface area contributed by atoms with Crippen molar-refractivity contribution in [3.8, 4) is 33.5 Å². The van der Waals surface area contributed by atoms with E-state index in [0.717, 1.165) is 33.1 Å². The lowest BCUT2D eigenvalue weighted by molar-refractivity contribution is 1.44. The van der Waals surface area contributed by atoms with Crippen molar-refractivity contribution in [2.45, 2.75) is 0 Å². The Hall–Kier alpha value is -7.34. The molecular weight excluding hydrogens is 653 g/mol. The van der Waals surface area contributed by atoms with E-state index < -0.39 is 0 Å². The number of benzene rings is 10. The van der Waals surface area contributed by atoms with Gasteiger partial charge in [-0.05, 0) is 76.8 Å². The van der Waals surface area contributed by atoms with Crippen LogP contribution in [0.4, 0.5) is 5.69 Å². The molecule has 0 spiro atoms. The van der Waals surface area contributed by atoms with Crippen LogP contribution in [-0.4, -0.2) is 4.98 Å². The Bertz CT molecular complexity index is 3320. The van der Waals surface area contributed by atoms with E-state index in [1.807, 2.05) is 12.1 Å². The summed E-state index contributed by atoms with van der Waals surface area (Å²) >= 11 is 0. The summed E-state index contributed by atoms with van der Waals surface area (Å²) in [7, 11) is 0. The van der Waals surface area contributed by atoms with Crippen molar-refractivity contribution in [3.63, 3.8) is 0 Å². The Kier molecular flexibility index (Phi) is 6.65. The molecule has 0 aliphatic rings. The molecule has 0 atom stereocenters. The molecular formula is C52H30N2. The molecule has 0 unspecified atom stereocenters. The van der Waals surface area contributed by atoms with Crippen molar-refractivity contribution in [1.82, 2.24) is 4.98 Å². The Labute approximate surface area is 312 Å². The van der Waals surface area contributed by atoms with Crippen LogP contribution in [0, 0.1) is 6.57 Å². The molecule has 1 aromatic heterocycles. The number of rotatable bonds is 3. The Morgan fingerprint density at radius 3 is 1.41 bits per heavy atom. The molecule has 0 aliphatic heterocycles. The molecule has 248 valence electrons. The largest absolute Gasteiger partial charge is 0.246 e. The van der Waals surface area contributed by atoms with Crippen molar-refractivity contribution in [2.75, 3.05) is 0 Å². The van der Waals surface area contributed by atoms with Gasteiger partial charge in [-0.15, -0.1) is 0 Å². The molecule has 11 rings (SSSR count). The van der Waals surface area contributed by atoms with Gasteiger partial charge in [-0.25, -0.2) is 9.83 Å². The first-order valence-corrected chi connectivity index (χ1v) is 18.3. The minimum Gasteiger partial charge on any atom is -0.246 e. The average molecular weight is 683 g/mol. The zero-order valence-corrected chi connectivity index (χ0v) is 29.2. The van der Waals surface area contributed by atoms with Crippen molar-refractivity contribution in [1.29, 1.82) is 0 Å². The highest BCUT2D eigenvalue weighted by molar-refractivity contribution is 6.37. The molecule has 10 aromatic carbocycles. The van der Waals surface area contributed by atoms with Crippen LogP contribution >= 0.6 is 0 Å². The van der Waals surface area contributed by atoms with Gasteiger partial charge in [0.25, 0.3) is 0 Å². The van der Waals surface area contributed by atoms with Gasteiger partial charge in [0, 0.05) is 27.1 Å². The van der Waals surface area contributed by atoms with E-state index in [1.54, 1.807) is 0 Å². The van der Waals surface area contributed by atoms with Crippen LogP contribution in [0.3, 0.4) is 0 Å². The third kappa shape index (κ3) is 4.36. The van der Waals surface area contributed by atoms with E-state index >= 15 is 0 Å². The van der Waals surface area contributed by atoms with E-state index in [0.29, 0.717) is 5.69 Å². The smallest absolute Gasteiger partial charge is 0.187 e. The van der Waals surface area contributed by atoms with Gasteiger partial charge in [-0.2, -0.15) is 0 Å². The Morgan fingerprint density at radius 2 is 0.815 bits per heavy atom. The maximum atomic E-state index is 7.54. The second-order valence-corrected chi connectivity index (χ2v) is 14.0. The lowest BCUT2D eigenvalue weighted by atomic mass is 9.82. The van der Waals surface area contributed by atoms with Gasteiger partial charge >= 0.3 is 0 Å². The molecule has 0 N–H and O–H groups in total. The normalized spacial score (nSPS) is 11.7. The van der Waals surface area contributed by atoms with Crippen LogP contribution in [0.25, 0.3) is 114 Å². The van der Waals surface area contributed by atoms with Gasteiger partial charge in [0.15, 0.2) is 5.69 Å². The van der Waals surface area contributed by atoms with Crippen molar-refractivity contribution in [3.05, 3.63) is 193 Å². The lowest BCUT2D eigenvalue weighted by Crippen LogP contribution is -1.96. The number of hydrogen-bond acceptors (Lipinski definition) is 1. The van der Waals surface area contributed by atoms with E-state index in [1.165, 1.54) is 75.9 Å². The zero-order chi connectivity index (χ0) is 35.8. The summed E-state index contributed by atoms with van der Waals surface area (Å²) in [4.78, 5) is 9.33. The summed E-state index contributed by atoms with van der Waals surface area (Å²) in [5.41, 5.74) is 8.42. The summed E-state index contributed by atoms with van der Waals surface area (Å²) < 4.78 is 0. The van der Waals surface area contributed by atoms with Crippen LogP contribution in [0.5, 0.6) is 0 Å². The molecule has 2 heteroatoms. The maximum Gasteiger partial charge on any atom is 0.187 e. The first kappa shape index (κ1) is 30.3. The van der Waals surface area contributed by atoms with Crippen LogP contribution < -0.4 is 0 Å². The fourth-order valence-electron chi connectivity index (χ4n) is 8.95. The molecule has 0 bridgehead atoms. The second-order valence-electron chi connectivity index (χ2n) is 14.0. The first-order valence-electron chi connectivity index (χ1n) is 18.3. The highest BCUT2D eigenvalue weighted by Gasteiger charge is 2.23. The molecule has 0 radical (unpaired) electrons. The lowest BCUT2D eigenvalue weighted by Gasteiger charge is -2.21. The van der Waals surface area contributed by atoms with E-state index in [-0.39, 0.29) is 0 Å². The molecule has 0 saturated heterocycles. The molecule has 1 heterocycles. The number of hydrogen-bond donors (Lipinski definition) is 0. The highest BCUT2D eigenvalue weighted by Crippen LogP contribution is 2.49. The van der Waals surface area contributed by atoms with E-state index in [9.17, 15) is 0 Å². The van der Waals surface area contributed by atoms with Crippen molar-refractivity contribution >= 4 is 81.2 Å². The fraction of sp³-hybridized carbons (Fsp3) is 0. The van der Waals surface area contributed by atoms with Crippen LogP contribution in [0.15, 0.2) is 182 Å². The molecule has 0 saturated carbocycles. The third-order valence-electron chi connectivity index (χ3n) is 11.2. The van der Waals surface area contributed by atoms with Gasteiger partial charge in [0.2, 0.25) is 0 Å². The highest BCUT2D eigenvalue weighted by atomic mass is 14.7. The molecule has 0 amide bonds.